The van der Waals surface area contributed by atoms with E-state index in [-0.39, 0.29) is 5.88 Å². The third-order valence-corrected chi connectivity index (χ3v) is 2.37. The quantitative estimate of drug-likeness (QED) is 0.863. The van der Waals surface area contributed by atoms with Crippen molar-refractivity contribution in [3.05, 3.63) is 46.3 Å². The van der Waals surface area contributed by atoms with Gasteiger partial charge in [0.15, 0.2) is 0 Å². The van der Waals surface area contributed by atoms with Gasteiger partial charge in [0.25, 0.3) is 0 Å². The van der Waals surface area contributed by atoms with Crippen LogP contribution in [0.4, 0.5) is 0 Å². The highest BCUT2D eigenvalue weighted by molar-refractivity contribution is 9.10. The average molecular weight is 253 g/mol. The van der Waals surface area contributed by atoms with Crippen molar-refractivity contribution in [3.63, 3.8) is 0 Å². The van der Waals surface area contributed by atoms with E-state index in [9.17, 15) is 0 Å². The second kappa shape index (κ2) is 3.84. The number of hydrogen-bond acceptors (Lipinski definition) is 2. The van der Waals surface area contributed by atoms with Crippen LogP contribution in [0.15, 0.2) is 34.9 Å². The van der Waals surface area contributed by atoms with Gasteiger partial charge >= 0.3 is 0 Å². The van der Waals surface area contributed by atoms with Gasteiger partial charge in [-0.2, -0.15) is 0 Å². The van der Waals surface area contributed by atoms with Gasteiger partial charge in [0.2, 0.25) is 5.88 Å². The molecule has 0 saturated heterocycles. The first-order valence-electron chi connectivity index (χ1n) is 4.21. The van der Waals surface area contributed by atoms with Gasteiger partial charge in [-0.15, -0.1) is 0 Å². The number of hydrogen-bond donors (Lipinski definition) is 2. The summed E-state index contributed by atoms with van der Waals surface area (Å²) < 4.78 is 1.05. The Labute approximate surface area is 89.9 Å². The van der Waals surface area contributed by atoms with Crippen LogP contribution in [-0.2, 0) is 6.42 Å². The van der Waals surface area contributed by atoms with Crippen LogP contribution >= 0.6 is 15.9 Å². The van der Waals surface area contributed by atoms with Crippen molar-refractivity contribution in [2.75, 3.05) is 0 Å². The van der Waals surface area contributed by atoms with Crippen LogP contribution in [0.1, 0.15) is 11.4 Å². The number of aromatic hydroxyl groups is 1. The minimum atomic E-state index is 0.106. The molecule has 0 spiro atoms. The summed E-state index contributed by atoms with van der Waals surface area (Å²) in [6.45, 7) is 0. The molecule has 14 heavy (non-hydrogen) atoms. The number of nitrogens with zero attached hydrogens (tertiary/aromatic N) is 1. The van der Waals surface area contributed by atoms with E-state index >= 15 is 0 Å². The molecule has 72 valence electrons. The molecule has 0 aliphatic heterocycles. The van der Waals surface area contributed by atoms with Crippen molar-refractivity contribution in [1.29, 1.82) is 0 Å². The van der Waals surface area contributed by atoms with E-state index in [0.717, 1.165) is 15.9 Å². The number of aromatic amines is 1. The molecule has 0 unspecified atom stereocenters. The SMILES string of the molecule is Oc1cnc(Cc2cccc(Br)c2)[nH]1. The van der Waals surface area contributed by atoms with Gasteiger partial charge in [0.05, 0.1) is 6.20 Å². The van der Waals surface area contributed by atoms with Crippen LogP contribution in [0, 0.1) is 0 Å². The molecule has 1 aromatic carbocycles. The molecule has 0 saturated carbocycles. The highest BCUT2D eigenvalue weighted by atomic mass is 79.9. The van der Waals surface area contributed by atoms with Crippen molar-refractivity contribution in [1.82, 2.24) is 9.97 Å². The summed E-state index contributed by atoms with van der Waals surface area (Å²) in [5.41, 5.74) is 1.15. The lowest BCUT2D eigenvalue weighted by atomic mass is 10.1. The zero-order valence-corrected chi connectivity index (χ0v) is 8.95. The van der Waals surface area contributed by atoms with E-state index in [1.165, 1.54) is 6.20 Å². The van der Waals surface area contributed by atoms with Crippen LogP contribution in [0.3, 0.4) is 0 Å². The molecule has 0 bridgehead atoms. The van der Waals surface area contributed by atoms with Crippen LogP contribution in [-0.4, -0.2) is 15.1 Å². The van der Waals surface area contributed by atoms with E-state index in [2.05, 4.69) is 25.9 Å². The number of H-pyrrole nitrogens is 1. The second-order valence-corrected chi connectivity index (χ2v) is 3.94. The van der Waals surface area contributed by atoms with Gasteiger partial charge < -0.3 is 10.1 Å². The number of halogens is 1. The lowest BCUT2D eigenvalue weighted by Gasteiger charge is -1.98. The van der Waals surface area contributed by atoms with Crippen LogP contribution in [0.5, 0.6) is 5.88 Å². The molecule has 0 atom stereocenters. The Hall–Kier alpha value is -1.29. The van der Waals surface area contributed by atoms with Gasteiger partial charge in [-0.05, 0) is 17.7 Å². The lowest BCUT2D eigenvalue weighted by Crippen LogP contribution is -1.89. The summed E-state index contributed by atoms with van der Waals surface area (Å²) in [7, 11) is 0. The highest BCUT2D eigenvalue weighted by Crippen LogP contribution is 2.14. The van der Waals surface area contributed by atoms with Crippen LogP contribution in [0.2, 0.25) is 0 Å². The number of aromatic nitrogens is 2. The maximum Gasteiger partial charge on any atom is 0.208 e. The van der Waals surface area contributed by atoms with E-state index in [1.54, 1.807) is 0 Å². The van der Waals surface area contributed by atoms with E-state index < -0.39 is 0 Å². The third-order valence-electron chi connectivity index (χ3n) is 1.88. The lowest BCUT2D eigenvalue weighted by molar-refractivity contribution is 0.455. The fourth-order valence-electron chi connectivity index (χ4n) is 1.28. The summed E-state index contributed by atoms with van der Waals surface area (Å²) >= 11 is 3.40. The topological polar surface area (TPSA) is 48.9 Å². The zero-order valence-electron chi connectivity index (χ0n) is 7.37. The Bertz CT molecular complexity index is 439. The summed E-state index contributed by atoms with van der Waals surface area (Å²) in [6.07, 6.45) is 2.10. The van der Waals surface area contributed by atoms with Gasteiger partial charge in [0, 0.05) is 10.9 Å². The maximum atomic E-state index is 9.06. The molecule has 2 N–H and O–H groups in total. The Kier molecular flexibility index (Phi) is 2.54. The molecular formula is C10H9BrN2O. The fourth-order valence-corrected chi connectivity index (χ4v) is 1.73. The number of rotatable bonds is 2. The van der Waals surface area contributed by atoms with Crippen molar-refractivity contribution in [3.8, 4) is 5.88 Å². The van der Waals surface area contributed by atoms with Crippen molar-refractivity contribution in [2.24, 2.45) is 0 Å². The van der Waals surface area contributed by atoms with Crippen molar-refractivity contribution in [2.45, 2.75) is 6.42 Å². The van der Waals surface area contributed by atoms with Crippen LogP contribution < -0.4 is 0 Å². The first kappa shape index (κ1) is 9.27. The third kappa shape index (κ3) is 2.14. The summed E-state index contributed by atoms with van der Waals surface area (Å²) in [5, 5.41) is 9.06. The molecule has 1 aromatic heterocycles. The number of imidazole rings is 1. The first-order chi connectivity index (χ1) is 6.74. The molecule has 0 fully saturated rings. The Morgan fingerprint density at radius 2 is 2.29 bits per heavy atom. The molecule has 0 amide bonds. The molecular weight excluding hydrogens is 244 g/mol. The maximum absolute atomic E-state index is 9.06. The second-order valence-electron chi connectivity index (χ2n) is 3.02. The fraction of sp³-hybridized carbons (Fsp3) is 0.100. The summed E-state index contributed by atoms with van der Waals surface area (Å²) in [6, 6.07) is 8.00. The standard InChI is InChI=1S/C10H9BrN2O/c11-8-3-1-2-7(4-8)5-9-12-6-10(14)13-9/h1-4,6,14H,5H2,(H,12,13). The Balaban J connectivity index is 2.18. The van der Waals surface area contributed by atoms with Crippen molar-refractivity contribution >= 4 is 15.9 Å². The van der Waals surface area contributed by atoms with E-state index in [1.807, 2.05) is 24.3 Å². The van der Waals surface area contributed by atoms with Gasteiger partial charge in [-0.25, -0.2) is 4.98 Å². The van der Waals surface area contributed by atoms with Crippen LogP contribution in [0.25, 0.3) is 0 Å². The molecule has 0 aliphatic rings. The molecule has 4 heteroatoms. The summed E-state index contributed by atoms with van der Waals surface area (Å²) in [4.78, 5) is 6.79. The largest absolute Gasteiger partial charge is 0.493 e. The molecule has 1 heterocycles. The minimum Gasteiger partial charge on any atom is -0.493 e. The predicted molar refractivity (Wildman–Crippen MR) is 57.2 cm³/mol. The predicted octanol–water partition coefficient (Wildman–Crippen LogP) is 2.47. The monoisotopic (exact) mass is 252 g/mol. The molecule has 0 aliphatic carbocycles. The summed E-state index contributed by atoms with van der Waals surface area (Å²) in [5.74, 6) is 0.871. The number of nitrogens with one attached hydrogen (secondary N) is 1. The van der Waals surface area contributed by atoms with Gasteiger partial charge in [-0.3, -0.25) is 0 Å². The van der Waals surface area contributed by atoms with Crippen molar-refractivity contribution < 1.29 is 5.11 Å². The normalized spacial score (nSPS) is 10.4. The number of benzene rings is 1. The Morgan fingerprint density at radius 3 is 2.93 bits per heavy atom. The average Bonchev–Trinajstić information content (AvgIpc) is 2.51. The van der Waals surface area contributed by atoms with E-state index in [4.69, 9.17) is 5.11 Å². The molecule has 0 radical (unpaired) electrons. The Morgan fingerprint density at radius 1 is 1.43 bits per heavy atom. The molecule has 2 rings (SSSR count). The molecule has 3 nitrogen and oxygen atoms in total. The van der Waals surface area contributed by atoms with Gasteiger partial charge in [-0.1, -0.05) is 28.1 Å². The smallest absolute Gasteiger partial charge is 0.208 e. The molecule has 2 aromatic rings. The van der Waals surface area contributed by atoms with E-state index in [0.29, 0.717) is 6.42 Å². The minimum absolute atomic E-state index is 0.106. The van der Waals surface area contributed by atoms with Gasteiger partial charge in [0.1, 0.15) is 5.82 Å². The first-order valence-corrected chi connectivity index (χ1v) is 5.00. The highest BCUT2D eigenvalue weighted by Gasteiger charge is 2.00. The zero-order chi connectivity index (χ0) is 9.97.